The highest BCUT2D eigenvalue weighted by Crippen LogP contribution is 2.31. The summed E-state index contributed by atoms with van der Waals surface area (Å²) >= 11 is 0. The van der Waals surface area contributed by atoms with Crippen LogP contribution in [0.15, 0.2) is 0 Å². The predicted octanol–water partition coefficient (Wildman–Crippen LogP) is 2.45. The lowest BCUT2D eigenvalue weighted by molar-refractivity contribution is -0.144. The summed E-state index contributed by atoms with van der Waals surface area (Å²) in [5, 5.41) is 13.7. The number of aliphatic hydroxyl groups is 1. The first-order chi connectivity index (χ1) is 10.6. The Morgan fingerprint density at radius 2 is 1.86 bits per heavy atom. The van der Waals surface area contributed by atoms with E-state index in [1.807, 2.05) is 0 Å². The van der Waals surface area contributed by atoms with Crippen molar-refractivity contribution in [1.82, 2.24) is 10.2 Å². The Kier molecular flexibility index (Phi) is 5.08. The zero-order valence-electron chi connectivity index (χ0n) is 14.0. The van der Waals surface area contributed by atoms with Gasteiger partial charge in [0.1, 0.15) is 5.60 Å². The van der Waals surface area contributed by atoms with Crippen LogP contribution in [0.5, 0.6) is 0 Å². The van der Waals surface area contributed by atoms with E-state index in [4.69, 9.17) is 0 Å². The van der Waals surface area contributed by atoms with E-state index >= 15 is 0 Å². The summed E-state index contributed by atoms with van der Waals surface area (Å²) < 4.78 is 0. The summed E-state index contributed by atoms with van der Waals surface area (Å²) in [5.74, 6) is 0.408. The standard InChI is InChI=1S/C18H32N2O2/c1-14(19-17(21)18(22)10-3-2-4-11-18)15-7-6-12-20(13-15)16-8-5-9-16/h14-16,22H,2-13H2,1H3,(H,19,21). The van der Waals surface area contributed by atoms with Crippen molar-refractivity contribution in [3.63, 3.8) is 0 Å². The molecule has 2 unspecified atom stereocenters. The topological polar surface area (TPSA) is 52.6 Å². The number of likely N-dealkylation sites (tertiary alicyclic amines) is 1. The number of hydrogen-bond acceptors (Lipinski definition) is 3. The molecule has 3 aliphatic rings. The average Bonchev–Trinajstić information content (AvgIpc) is 2.46. The number of piperidine rings is 1. The van der Waals surface area contributed by atoms with Crippen molar-refractivity contribution in [3.8, 4) is 0 Å². The summed E-state index contributed by atoms with van der Waals surface area (Å²) in [6, 6.07) is 0.967. The van der Waals surface area contributed by atoms with Gasteiger partial charge in [-0.25, -0.2) is 0 Å². The molecule has 0 bridgehead atoms. The van der Waals surface area contributed by atoms with Crippen LogP contribution in [0.3, 0.4) is 0 Å². The molecule has 0 aromatic heterocycles. The zero-order chi connectivity index (χ0) is 15.6. The van der Waals surface area contributed by atoms with Gasteiger partial charge in [-0.15, -0.1) is 0 Å². The third-order valence-corrected chi connectivity index (χ3v) is 6.25. The first-order valence-corrected chi connectivity index (χ1v) is 9.36. The van der Waals surface area contributed by atoms with Gasteiger partial charge in [0.2, 0.25) is 0 Å². The summed E-state index contributed by atoms with van der Waals surface area (Å²) in [7, 11) is 0. The van der Waals surface area contributed by atoms with E-state index in [1.54, 1.807) is 0 Å². The van der Waals surface area contributed by atoms with Crippen LogP contribution in [0.4, 0.5) is 0 Å². The molecule has 126 valence electrons. The van der Waals surface area contributed by atoms with Gasteiger partial charge in [-0.05, 0) is 57.9 Å². The minimum atomic E-state index is -1.10. The van der Waals surface area contributed by atoms with Crippen molar-refractivity contribution in [3.05, 3.63) is 0 Å². The Bertz CT molecular complexity index is 389. The number of hydrogen-bond donors (Lipinski definition) is 2. The lowest BCUT2D eigenvalue weighted by Crippen LogP contribution is -2.55. The van der Waals surface area contributed by atoms with E-state index in [2.05, 4.69) is 17.1 Å². The number of amides is 1. The molecule has 1 heterocycles. The molecule has 0 aromatic rings. The SMILES string of the molecule is CC(NC(=O)C1(O)CCCCC1)C1CCCN(C2CCC2)C1. The van der Waals surface area contributed by atoms with Gasteiger partial charge in [0.25, 0.3) is 5.91 Å². The molecule has 2 saturated carbocycles. The van der Waals surface area contributed by atoms with Gasteiger partial charge in [0, 0.05) is 18.6 Å². The molecule has 1 amide bonds. The van der Waals surface area contributed by atoms with Crippen LogP contribution in [0.2, 0.25) is 0 Å². The van der Waals surface area contributed by atoms with Gasteiger partial charge >= 0.3 is 0 Å². The summed E-state index contributed by atoms with van der Waals surface area (Å²) in [5.41, 5.74) is -1.10. The van der Waals surface area contributed by atoms with E-state index in [1.165, 1.54) is 38.6 Å². The van der Waals surface area contributed by atoms with E-state index in [0.29, 0.717) is 18.8 Å². The van der Waals surface area contributed by atoms with Crippen molar-refractivity contribution in [1.29, 1.82) is 0 Å². The Balaban J connectivity index is 1.52. The molecule has 4 nitrogen and oxygen atoms in total. The third-order valence-electron chi connectivity index (χ3n) is 6.25. The normalized spacial score (nSPS) is 31.3. The Labute approximate surface area is 134 Å². The number of carbonyl (C=O) groups is 1. The van der Waals surface area contributed by atoms with Crippen molar-refractivity contribution in [2.45, 2.75) is 88.8 Å². The minimum Gasteiger partial charge on any atom is -0.380 e. The highest BCUT2D eigenvalue weighted by atomic mass is 16.3. The molecule has 0 radical (unpaired) electrons. The Morgan fingerprint density at radius 1 is 1.14 bits per heavy atom. The molecule has 3 fully saturated rings. The number of nitrogens with zero attached hydrogens (tertiary/aromatic N) is 1. The summed E-state index contributed by atoms with van der Waals surface area (Å²) in [4.78, 5) is 15.1. The van der Waals surface area contributed by atoms with Crippen LogP contribution in [-0.4, -0.2) is 46.7 Å². The second kappa shape index (κ2) is 6.88. The molecule has 3 rings (SSSR count). The van der Waals surface area contributed by atoms with Crippen LogP contribution in [0, 0.1) is 5.92 Å². The lowest BCUT2D eigenvalue weighted by atomic mass is 9.83. The lowest BCUT2D eigenvalue weighted by Gasteiger charge is -2.44. The Hall–Kier alpha value is -0.610. The highest BCUT2D eigenvalue weighted by Gasteiger charge is 2.39. The first kappa shape index (κ1) is 16.3. The fourth-order valence-corrected chi connectivity index (χ4v) is 4.35. The van der Waals surface area contributed by atoms with Gasteiger partial charge in [0.05, 0.1) is 0 Å². The second-order valence-electron chi connectivity index (χ2n) is 7.84. The predicted molar refractivity (Wildman–Crippen MR) is 87.6 cm³/mol. The zero-order valence-corrected chi connectivity index (χ0v) is 14.0. The molecule has 0 spiro atoms. The fourth-order valence-electron chi connectivity index (χ4n) is 4.35. The first-order valence-electron chi connectivity index (χ1n) is 9.36. The number of carbonyl (C=O) groups excluding carboxylic acids is 1. The van der Waals surface area contributed by atoms with Gasteiger partial charge in [0.15, 0.2) is 0 Å². The summed E-state index contributed by atoms with van der Waals surface area (Å²) in [6.07, 6.45) is 10.9. The van der Waals surface area contributed by atoms with E-state index in [9.17, 15) is 9.90 Å². The van der Waals surface area contributed by atoms with Gasteiger partial charge in [-0.1, -0.05) is 25.7 Å². The highest BCUT2D eigenvalue weighted by molar-refractivity contribution is 5.85. The quantitative estimate of drug-likeness (QED) is 0.839. The van der Waals surface area contributed by atoms with Crippen LogP contribution < -0.4 is 5.32 Å². The van der Waals surface area contributed by atoms with E-state index < -0.39 is 5.60 Å². The van der Waals surface area contributed by atoms with Crippen molar-refractivity contribution in [2.75, 3.05) is 13.1 Å². The third kappa shape index (κ3) is 3.48. The molecular weight excluding hydrogens is 276 g/mol. The number of nitrogens with one attached hydrogen (secondary N) is 1. The monoisotopic (exact) mass is 308 g/mol. The van der Waals surface area contributed by atoms with Crippen molar-refractivity contribution < 1.29 is 9.90 Å². The molecule has 1 aliphatic heterocycles. The molecule has 2 N–H and O–H groups in total. The minimum absolute atomic E-state index is 0.125. The molecule has 0 aromatic carbocycles. The van der Waals surface area contributed by atoms with Gasteiger partial charge in [-0.2, -0.15) is 0 Å². The maximum absolute atomic E-state index is 12.5. The Morgan fingerprint density at radius 3 is 2.50 bits per heavy atom. The van der Waals surface area contributed by atoms with E-state index in [-0.39, 0.29) is 11.9 Å². The van der Waals surface area contributed by atoms with Crippen LogP contribution in [0.25, 0.3) is 0 Å². The molecular formula is C18H32N2O2. The average molecular weight is 308 g/mol. The molecule has 22 heavy (non-hydrogen) atoms. The number of rotatable bonds is 4. The molecule has 2 aliphatic carbocycles. The summed E-state index contributed by atoms with van der Waals surface area (Å²) in [6.45, 7) is 4.47. The molecule has 1 saturated heterocycles. The van der Waals surface area contributed by atoms with Crippen LogP contribution in [0.1, 0.15) is 71.1 Å². The largest absolute Gasteiger partial charge is 0.380 e. The fraction of sp³-hybridized carbons (Fsp3) is 0.944. The van der Waals surface area contributed by atoms with E-state index in [0.717, 1.165) is 31.8 Å². The molecule has 4 heteroatoms. The maximum atomic E-state index is 12.5. The van der Waals surface area contributed by atoms with Gasteiger partial charge < -0.3 is 15.3 Å². The van der Waals surface area contributed by atoms with Crippen LogP contribution in [-0.2, 0) is 4.79 Å². The smallest absolute Gasteiger partial charge is 0.252 e. The van der Waals surface area contributed by atoms with Crippen molar-refractivity contribution >= 4 is 5.91 Å². The molecule has 2 atom stereocenters. The second-order valence-corrected chi connectivity index (χ2v) is 7.84. The maximum Gasteiger partial charge on any atom is 0.252 e. The van der Waals surface area contributed by atoms with Crippen molar-refractivity contribution in [2.24, 2.45) is 5.92 Å². The van der Waals surface area contributed by atoms with Gasteiger partial charge in [-0.3, -0.25) is 4.79 Å². The van der Waals surface area contributed by atoms with Crippen LogP contribution >= 0.6 is 0 Å².